The van der Waals surface area contributed by atoms with Crippen molar-refractivity contribution in [3.8, 4) is 0 Å². The third kappa shape index (κ3) is 5.57. The van der Waals surface area contributed by atoms with Crippen LogP contribution in [-0.2, 0) is 22.6 Å². The van der Waals surface area contributed by atoms with Gasteiger partial charge < -0.3 is 15.2 Å². The molecule has 0 saturated carbocycles. The number of rotatable bonds is 7. The summed E-state index contributed by atoms with van der Waals surface area (Å²) in [4.78, 5) is 23.3. The average molecular weight is 363 g/mol. The number of carbonyl (C=O) groups excluding carboxylic acids is 1. The normalized spacial score (nSPS) is 11.7. The molecule has 1 amide bonds. The van der Waals surface area contributed by atoms with E-state index in [2.05, 4.69) is 5.32 Å². The number of carbonyl (C=O) groups is 2. The van der Waals surface area contributed by atoms with E-state index in [4.69, 9.17) is 9.84 Å². The largest absolute Gasteiger partial charge is 0.481 e. The number of amides is 1. The number of nitrogens with one attached hydrogen (secondary N) is 1. The Labute approximate surface area is 157 Å². The van der Waals surface area contributed by atoms with Crippen LogP contribution < -0.4 is 5.32 Å². The lowest BCUT2D eigenvalue weighted by Gasteiger charge is -2.17. The van der Waals surface area contributed by atoms with Crippen LogP contribution in [0.2, 0.25) is 0 Å². The van der Waals surface area contributed by atoms with E-state index in [0.717, 1.165) is 21.9 Å². The van der Waals surface area contributed by atoms with Crippen molar-refractivity contribution in [2.24, 2.45) is 0 Å². The number of carboxylic acid groups (broad SMARTS) is 1. The van der Waals surface area contributed by atoms with Crippen LogP contribution in [-0.4, -0.2) is 23.2 Å². The minimum Gasteiger partial charge on any atom is -0.481 e. The minimum absolute atomic E-state index is 0.141. The highest BCUT2D eigenvalue weighted by Gasteiger charge is 2.17. The second kappa shape index (κ2) is 8.85. The summed E-state index contributed by atoms with van der Waals surface area (Å²) in [6.07, 6.45) is -0.379. The number of fused-ring (bicyclic) bond motifs is 1. The maximum absolute atomic E-state index is 12.1. The smallest absolute Gasteiger partial charge is 0.407 e. The monoisotopic (exact) mass is 363 g/mol. The van der Waals surface area contributed by atoms with E-state index in [1.807, 2.05) is 72.8 Å². The lowest BCUT2D eigenvalue weighted by atomic mass is 10.00. The molecule has 0 unspecified atom stereocenters. The van der Waals surface area contributed by atoms with Crippen LogP contribution in [0.5, 0.6) is 0 Å². The highest BCUT2D eigenvalue weighted by atomic mass is 16.5. The summed E-state index contributed by atoms with van der Waals surface area (Å²) in [6.45, 7) is 0.141. The van der Waals surface area contributed by atoms with Gasteiger partial charge in [0.15, 0.2) is 0 Å². The lowest BCUT2D eigenvalue weighted by Crippen LogP contribution is -2.38. The molecule has 0 aliphatic rings. The van der Waals surface area contributed by atoms with Crippen LogP contribution in [0, 0.1) is 0 Å². The van der Waals surface area contributed by atoms with Crippen LogP contribution in [0.1, 0.15) is 17.5 Å². The first-order chi connectivity index (χ1) is 13.1. The molecule has 5 heteroatoms. The number of hydrogen-bond acceptors (Lipinski definition) is 3. The van der Waals surface area contributed by atoms with Crippen molar-refractivity contribution in [3.05, 3.63) is 83.9 Å². The molecule has 0 saturated heterocycles. The molecule has 3 aromatic carbocycles. The maximum atomic E-state index is 12.1. The van der Waals surface area contributed by atoms with E-state index in [-0.39, 0.29) is 13.0 Å². The molecule has 1 atom stereocenters. The molecule has 0 aliphatic heterocycles. The van der Waals surface area contributed by atoms with E-state index in [1.165, 1.54) is 0 Å². The van der Waals surface area contributed by atoms with E-state index >= 15 is 0 Å². The quantitative estimate of drug-likeness (QED) is 0.661. The van der Waals surface area contributed by atoms with Gasteiger partial charge in [-0.2, -0.15) is 0 Å². The van der Waals surface area contributed by atoms with E-state index < -0.39 is 18.1 Å². The molecule has 0 radical (unpaired) electrons. The predicted molar refractivity (Wildman–Crippen MR) is 103 cm³/mol. The van der Waals surface area contributed by atoms with E-state index in [9.17, 15) is 9.59 Å². The van der Waals surface area contributed by atoms with Gasteiger partial charge in [0.2, 0.25) is 0 Å². The zero-order valence-corrected chi connectivity index (χ0v) is 14.8. The van der Waals surface area contributed by atoms with E-state index in [1.54, 1.807) is 0 Å². The summed E-state index contributed by atoms with van der Waals surface area (Å²) < 4.78 is 5.21. The molecular formula is C22H21NO4. The Morgan fingerprint density at radius 3 is 2.33 bits per heavy atom. The molecule has 0 aliphatic carbocycles. The molecular weight excluding hydrogens is 342 g/mol. The third-order valence-electron chi connectivity index (χ3n) is 4.25. The Kier molecular flexibility index (Phi) is 6.05. The Morgan fingerprint density at radius 2 is 1.59 bits per heavy atom. The summed E-state index contributed by atoms with van der Waals surface area (Å²) in [5.41, 5.74) is 1.83. The van der Waals surface area contributed by atoms with E-state index in [0.29, 0.717) is 6.42 Å². The van der Waals surface area contributed by atoms with Crippen molar-refractivity contribution in [3.63, 3.8) is 0 Å². The van der Waals surface area contributed by atoms with Crippen molar-refractivity contribution in [2.75, 3.05) is 0 Å². The van der Waals surface area contributed by atoms with Crippen molar-refractivity contribution in [1.82, 2.24) is 5.32 Å². The number of carboxylic acids is 1. The second-order valence-electron chi connectivity index (χ2n) is 6.39. The van der Waals surface area contributed by atoms with Gasteiger partial charge in [-0.15, -0.1) is 0 Å². The highest BCUT2D eigenvalue weighted by molar-refractivity contribution is 5.83. The average Bonchev–Trinajstić information content (AvgIpc) is 2.66. The second-order valence-corrected chi connectivity index (χ2v) is 6.39. The molecule has 0 bridgehead atoms. The Hall–Kier alpha value is -3.34. The van der Waals surface area contributed by atoms with Crippen LogP contribution in [0.3, 0.4) is 0 Å². The van der Waals surface area contributed by atoms with Gasteiger partial charge in [-0.05, 0) is 28.3 Å². The van der Waals surface area contributed by atoms with Gasteiger partial charge in [0.1, 0.15) is 6.61 Å². The maximum Gasteiger partial charge on any atom is 0.407 e. The number of benzene rings is 3. The molecule has 3 rings (SSSR count). The third-order valence-corrected chi connectivity index (χ3v) is 4.25. The van der Waals surface area contributed by atoms with Crippen molar-refractivity contribution in [1.29, 1.82) is 0 Å². The molecule has 0 fully saturated rings. The van der Waals surface area contributed by atoms with Gasteiger partial charge in [-0.1, -0.05) is 72.8 Å². The molecule has 138 valence electrons. The predicted octanol–water partition coefficient (Wildman–Crippen LogP) is 4.15. The van der Waals surface area contributed by atoms with Crippen LogP contribution >= 0.6 is 0 Å². The van der Waals surface area contributed by atoms with Crippen LogP contribution in [0.15, 0.2) is 72.8 Å². The molecule has 0 heterocycles. The highest BCUT2D eigenvalue weighted by Crippen LogP contribution is 2.17. The van der Waals surface area contributed by atoms with Crippen LogP contribution in [0.25, 0.3) is 10.8 Å². The molecule has 2 N–H and O–H groups in total. The Bertz CT molecular complexity index is 924. The number of hydrogen-bond donors (Lipinski definition) is 2. The molecule has 3 aromatic rings. The summed E-state index contributed by atoms with van der Waals surface area (Å²) in [6, 6.07) is 22.7. The van der Waals surface area contributed by atoms with Gasteiger partial charge in [0.25, 0.3) is 0 Å². The van der Waals surface area contributed by atoms with Gasteiger partial charge >= 0.3 is 12.1 Å². The number of aliphatic carboxylic acids is 1. The summed E-state index contributed by atoms with van der Waals surface area (Å²) in [5.74, 6) is -0.968. The fraction of sp³-hybridized carbons (Fsp3) is 0.182. The SMILES string of the molecule is O=C(O)C[C@@H](Cc1ccc2ccccc2c1)NC(=O)OCc1ccccc1. The summed E-state index contributed by atoms with van der Waals surface area (Å²) in [5, 5.41) is 14.0. The summed E-state index contributed by atoms with van der Waals surface area (Å²) in [7, 11) is 0. The Morgan fingerprint density at radius 1 is 0.889 bits per heavy atom. The lowest BCUT2D eigenvalue weighted by molar-refractivity contribution is -0.137. The number of alkyl carbamates (subject to hydrolysis) is 1. The zero-order valence-electron chi connectivity index (χ0n) is 14.8. The topological polar surface area (TPSA) is 75.6 Å². The first-order valence-electron chi connectivity index (χ1n) is 8.77. The fourth-order valence-corrected chi connectivity index (χ4v) is 2.97. The molecule has 0 aromatic heterocycles. The first kappa shape index (κ1) is 18.5. The van der Waals surface area contributed by atoms with Crippen molar-refractivity contribution >= 4 is 22.8 Å². The van der Waals surface area contributed by atoms with Crippen LogP contribution in [0.4, 0.5) is 4.79 Å². The van der Waals surface area contributed by atoms with Gasteiger partial charge in [-0.25, -0.2) is 4.79 Å². The standard InChI is InChI=1S/C22H21NO4/c24-21(25)14-20(23-22(26)27-15-16-6-2-1-3-7-16)13-17-10-11-18-8-4-5-9-19(18)12-17/h1-12,20H,13-15H2,(H,23,26)(H,24,25)/t20-/m1/s1. The number of ether oxygens (including phenoxy) is 1. The molecule has 5 nitrogen and oxygen atoms in total. The molecule has 27 heavy (non-hydrogen) atoms. The first-order valence-corrected chi connectivity index (χ1v) is 8.77. The van der Waals surface area contributed by atoms with Gasteiger partial charge in [0, 0.05) is 6.04 Å². The minimum atomic E-state index is -0.968. The zero-order chi connectivity index (χ0) is 19.1. The van der Waals surface area contributed by atoms with Crippen molar-refractivity contribution < 1.29 is 19.4 Å². The summed E-state index contributed by atoms with van der Waals surface area (Å²) >= 11 is 0. The fourth-order valence-electron chi connectivity index (χ4n) is 2.97. The van der Waals surface area contributed by atoms with Gasteiger partial charge in [0.05, 0.1) is 6.42 Å². The Balaban J connectivity index is 1.63. The van der Waals surface area contributed by atoms with Crippen molar-refractivity contribution in [2.45, 2.75) is 25.5 Å². The van der Waals surface area contributed by atoms with Gasteiger partial charge in [-0.3, -0.25) is 4.79 Å². The molecule has 0 spiro atoms.